The zero-order valence-electron chi connectivity index (χ0n) is 10.4. The molecule has 1 atom stereocenters. The fraction of sp³-hybridized carbons (Fsp3) is 0.462. The zero-order chi connectivity index (χ0) is 12.4. The van der Waals surface area contributed by atoms with Crippen LogP contribution in [-0.2, 0) is 6.42 Å². The maximum absolute atomic E-state index is 4.51. The number of hydrogen-bond donors (Lipinski definition) is 1. The molecule has 0 saturated carbocycles. The van der Waals surface area contributed by atoms with Crippen LogP contribution in [0.5, 0.6) is 0 Å². The lowest BCUT2D eigenvalue weighted by Crippen LogP contribution is -1.98. The summed E-state index contributed by atoms with van der Waals surface area (Å²) in [6, 6.07) is 4.18. The van der Waals surface area contributed by atoms with Crippen molar-refractivity contribution in [2.24, 2.45) is 0 Å². The number of aromatic nitrogens is 3. The number of pyridine rings is 1. The van der Waals surface area contributed by atoms with Crippen molar-refractivity contribution in [3.8, 4) is 0 Å². The number of rotatable bonds is 4. The summed E-state index contributed by atoms with van der Waals surface area (Å²) in [7, 11) is 0. The van der Waals surface area contributed by atoms with Gasteiger partial charge in [-0.25, -0.2) is 0 Å². The molecule has 4 nitrogen and oxygen atoms in total. The number of aryl methyl sites for hydroxylation is 1. The van der Waals surface area contributed by atoms with E-state index < -0.39 is 0 Å². The van der Waals surface area contributed by atoms with E-state index in [0.717, 1.165) is 35.9 Å². The molecular weight excluding hydrogens is 244 g/mol. The molecule has 0 bridgehead atoms. The number of nitrogens with zero attached hydrogens (tertiary/aromatic N) is 3. The molecule has 3 rings (SSSR count). The Bertz CT molecular complexity index is 537. The zero-order valence-corrected chi connectivity index (χ0v) is 11.2. The lowest BCUT2D eigenvalue weighted by molar-refractivity contribution is 0.751. The van der Waals surface area contributed by atoms with E-state index in [4.69, 9.17) is 0 Å². The van der Waals surface area contributed by atoms with E-state index in [9.17, 15) is 0 Å². The molecule has 2 aromatic heterocycles. The van der Waals surface area contributed by atoms with Crippen LogP contribution >= 0.6 is 11.3 Å². The van der Waals surface area contributed by atoms with Crippen LogP contribution in [0.3, 0.4) is 0 Å². The molecule has 2 heterocycles. The van der Waals surface area contributed by atoms with Gasteiger partial charge < -0.3 is 5.32 Å². The van der Waals surface area contributed by atoms with E-state index in [1.807, 2.05) is 12.3 Å². The van der Waals surface area contributed by atoms with Crippen LogP contribution in [0.4, 0.5) is 5.13 Å². The molecule has 18 heavy (non-hydrogen) atoms. The fourth-order valence-corrected chi connectivity index (χ4v) is 3.24. The second-order valence-electron chi connectivity index (χ2n) is 4.51. The van der Waals surface area contributed by atoms with Gasteiger partial charge in [-0.2, -0.15) is 0 Å². The first-order valence-electron chi connectivity index (χ1n) is 6.39. The molecule has 0 aliphatic heterocycles. The minimum absolute atomic E-state index is 0.343. The highest BCUT2D eigenvalue weighted by Crippen LogP contribution is 2.38. The van der Waals surface area contributed by atoms with Crippen molar-refractivity contribution in [2.45, 2.75) is 32.1 Å². The van der Waals surface area contributed by atoms with Gasteiger partial charge in [0.1, 0.15) is 5.01 Å². The van der Waals surface area contributed by atoms with Gasteiger partial charge in [0, 0.05) is 12.7 Å². The number of nitrogens with one attached hydrogen (secondary N) is 1. The Hall–Kier alpha value is -1.49. The van der Waals surface area contributed by atoms with Gasteiger partial charge >= 0.3 is 0 Å². The third-order valence-electron chi connectivity index (χ3n) is 3.22. The van der Waals surface area contributed by atoms with Crippen LogP contribution in [0.15, 0.2) is 18.3 Å². The van der Waals surface area contributed by atoms with Crippen LogP contribution in [-0.4, -0.2) is 21.7 Å². The standard InChI is InChI=1S/C13H16N4S/c1-2-7-15-13-17-16-12(18-13)10-6-5-9-4-3-8-14-11(9)10/h3-4,8,10H,2,5-7H2,1H3,(H,15,17). The summed E-state index contributed by atoms with van der Waals surface area (Å²) >= 11 is 1.66. The van der Waals surface area contributed by atoms with Crippen molar-refractivity contribution in [3.63, 3.8) is 0 Å². The van der Waals surface area contributed by atoms with Gasteiger partial charge in [-0.05, 0) is 30.9 Å². The smallest absolute Gasteiger partial charge is 0.205 e. The molecule has 0 aromatic carbocycles. The Morgan fingerprint density at radius 1 is 1.44 bits per heavy atom. The Morgan fingerprint density at radius 2 is 2.39 bits per heavy atom. The summed E-state index contributed by atoms with van der Waals surface area (Å²) < 4.78 is 0. The Morgan fingerprint density at radius 3 is 3.28 bits per heavy atom. The van der Waals surface area contributed by atoms with Crippen molar-refractivity contribution in [1.82, 2.24) is 15.2 Å². The van der Waals surface area contributed by atoms with Crippen molar-refractivity contribution in [1.29, 1.82) is 0 Å². The Kier molecular flexibility index (Phi) is 3.23. The van der Waals surface area contributed by atoms with Crippen LogP contribution in [0.2, 0.25) is 0 Å². The highest BCUT2D eigenvalue weighted by Gasteiger charge is 2.28. The third-order valence-corrected chi connectivity index (χ3v) is 4.22. The first kappa shape index (κ1) is 11.6. The summed E-state index contributed by atoms with van der Waals surface area (Å²) in [6.07, 6.45) is 5.18. The first-order chi connectivity index (χ1) is 8.88. The Balaban J connectivity index is 1.82. The highest BCUT2D eigenvalue weighted by atomic mass is 32.1. The van der Waals surface area contributed by atoms with Gasteiger partial charge in [0.2, 0.25) is 5.13 Å². The van der Waals surface area contributed by atoms with Crippen molar-refractivity contribution in [2.75, 3.05) is 11.9 Å². The summed E-state index contributed by atoms with van der Waals surface area (Å²) in [5.74, 6) is 0.343. The summed E-state index contributed by atoms with van der Waals surface area (Å²) in [4.78, 5) is 4.51. The minimum Gasteiger partial charge on any atom is -0.360 e. The summed E-state index contributed by atoms with van der Waals surface area (Å²) in [5.41, 5.74) is 2.55. The second kappa shape index (κ2) is 5.02. The molecular formula is C13H16N4S. The second-order valence-corrected chi connectivity index (χ2v) is 5.52. The van der Waals surface area contributed by atoms with Gasteiger partial charge in [-0.3, -0.25) is 4.98 Å². The summed E-state index contributed by atoms with van der Waals surface area (Å²) in [6.45, 7) is 3.10. The van der Waals surface area contributed by atoms with Crippen molar-refractivity contribution >= 4 is 16.5 Å². The molecule has 0 spiro atoms. The number of hydrogen-bond acceptors (Lipinski definition) is 5. The maximum atomic E-state index is 4.51. The van der Waals surface area contributed by atoms with Gasteiger partial charge in [0.05, 0.1) is 11.6 Å². The largest absolute Gasteiger partial charge is 0.360 e. The molecule has 0 radical (unpaired) electrons. The molecule has 1 N–H and O–H groups in total. The Labute approximate surface area is 110 Å². The number of anilines is 1. The SMILES string of the molecule is CCCNc1nnc(C2CCc3cccnc32)s1. The molecule has 0 saturated heterocycles. The molecule has 2 aromatic rings. The third kappa shape index (κ3) is 2.10. The van der Waals surface area contributed by atoms with Gasteiger partial charge in [0.25, 0.3) is 0 Å². The van der Waals surface area contributed by atoms with Gasteiger partial charge in [0.15, 0.2) is 0 Å². The molecule has 0 fully saturated rings. The molecule has 0 amide bonds. The quantitative estimate of drug-likeness (QED) is 0.918. The van der Waals surface area contributed by atoms with E-state index in [1.54, 1.807) is 11.3 Å². The first-order valence-corrected chi connectivity index (χ1v) is 7.21. The van der Waals surface area contributed by atoms with E-state index in [1.165, 1.54) is 11.3 Å². The van der Waals surface area contributed by atoms with E-state index in [2.05, 4.69) is 33.5 Å². The minimum atomic E-state index is 0.343. The normalized spacial score (nSPS) is 17.7. The van der Waals surface area contributed by atoms with E-state index >= 15 is 0 Å². The molecule has 1 aliphatic rings. The van der Waals surface area contributed by atoms with Crippen LogP contribution < -0.4 is 5.32 Å². The van der Waals surface area contributed by atoms with Crippen molar-refractivity contribution < 1.29 is 0 Å². The van der Waals surface area contributed by atoms with E-state index in [-0.39, 0.29) is 0 Å². The van der Waals surface area contributed by atoms with E-state index in [0.29, 0.717) is 5.92 Å². The lowest BCUT2D eigenvalue weighted by Gasteiger charge is -2.05. The molecule has 1 unspecified atom stereocenters. The predicted molar refractivity (Wildman–Crippen MR) is 73.1 cm³/mol. The van der Waals surface area contributed by atoms with Crippen LogP contribution in [0, 0.1) is 0 Å². The van der Waals surface area contributed by atoms with Crippen LogP contribution in [0.1, 0.15) is 41.9 Å². The lowest BCUT2D eigenvalue weighted by atomic mass is 10.1. The monoisotopic (exact) mass is 260 g/mol. The predicted octanol–water partition coefficient (Wildman–Crippen LogP) is 2.83. The molecule has 1 aliphatic carbocycles. The number of fused-ring (bicyclic) bond motifs is 1. The maximum Gasteiger partial charge on any atom is 0.205 e. The van der Waals surface area contributed by atoms with Gasteiger partial charge in [-0.15, -0.1) is 10.2 Å². The van der Waals surface area contributed by atoms with Crippen LogP contribution in [0.25, 0.3) is 0 Å². The van der Waals surface area contributed by atoms with Gasteiger partial charge in [-0.1, -0.05) is 24.3 Å². The topological polar surface area (TPSA) is 50.7 Å². The van der Waals surface area contributed by atoms with Crippen molar-refractivity contribution in [3.05, 3.63) is 34.6 Å². The average Bonchev–Trinajstić information content (AvgIpc) is 3.02. The fourth-order valence-electron chi connectivity index (χ4n) is 2.33. The molecule has 94 valence electrons. The highest BCUT2D eigenvalue weighted by molar-refractivity contribution is 7.15. The summed E-state index contributed by atoms with van der Waals surface area (Å²) in [5, 5.41) is 13.8. The molecule has 5 heteroatoms. The average molecular weight is 260 g/mol.